The first-order valence-corrected chi connectivity index (χ1v) is 7.94. The van der Waals surface area contributed by atoms with E-state index in [2.05, 4.69) is 5.32 Å². The van der Waals surface area contributed by atoms with Crippen LogP contribution in [0.3, 0.4) is 0 Å². The fourth-order valence-electron chi connectivity index (χ4n) is 2.75. The van der Waals surface area contributed by atoms with E-state index in [9.17, 15) is 13.5 Å². The largest absolute Gasteiger partial charge is 0.368 e. The second-order valence-corrected chi connectivity index (χ2v) is 6.70. The van der Waals surface area contributed by atoms with Crippen molar-refractivity contribution in [3.05, 3.63) is 29.8 Å². The Labute approximate surface area is 117 Å². The van der Waals surface area contributed by atoms with Gasteiger partial charge in [0.15, 0.2) is 6.29 Å². The molecule has 4 unspecified atom stereocenters. The molecule has 0 spiro atoms. The highest BCUT2D eigenvalue weighted by Gasteiger charge is 2.46. The summed E-state index contributed by atoms with van der Waals surface area (Å²) in [6.45, 7) is 2.12. The molecule has 2 heterocycles. The molecule has 2 aliphatic heterocycles. The van der Waals surface area contributed by atoms with Crippen LogP contribution in [0.25, 0.3) is 0 Å². The lowest BCUT2D eigenvalue weighted by molar-refractivity contribution is -0.110. The van der Waals surface area contributed by atoms with Crippen LogP contribution >= 0.6 is 0 Å². The van der Waals surface area contributed by atoms with E-state index >= 15 is 0 Å². The van der Waals surface area contributed by atoms with Gasteiger partial charge in [0, 0.05) is 19.0 Å². The monoisotopic (exact) mass is 299 g/mol. The summed E-state index contributed by atoms with van der Waals surface area (Å²) in [5, 5.41) is 12.6. The number of rotatable bonds is 3. The zero-order chi connectivity index (χ0) is 14.3. The fourth-order valence-corrected chi connectivity index (χ4v) is 4.07. The summed E-state index contributed by atoms with van der Waals surface area (Å²) in [4.78, 5) is 0.169. The summed E-state index contributed by atoms with van der Waals surface area (Å²) in [5.41, 5.74) is 0.641. The van der Waals surface area contributed by atoms with Crippen LogP contribution in [0, 0.1) is 6.92 Å². The molecular formula is C13H17NO5S. The van der Waals surface area contributed by atoms with Crippen LogP contribution in [0.1, 0.15) is 12.0 Å². The molecule has 0 saturated carbocycles. The standard InChI is InChI=1S/C13H17NO5S/c1-8-4-2-3-5-11(8)20(16,17)19-10-7-14-9-6-12(15)18-13(9)10/h2-5,9-10,12-15H,6-7H2,1H3. The van der Waals surface area contributed by atoms with Crippen LogP contribution in [0.5, 0.6) is 0 Å². The quantitative estimate of drug-likeness (QED) is 0.773. The molecule has 0 radical (unpaired) electrons. The van der Waals surface area contributed by atoms with E-state index in [1.54, 1.807) is 25.1 Å². The first kappa shape index (κ1) is 14.0. The Morgan fingerprint density at radius 2 is 2.15 bits per heavy atom. The number of fused-ring (bicyclic) bond motifs is 1. The third-order valence-electron chi connectivity index (χ3n) is 3.73. The van der Waals surface area contributed by atoms with Gasteiger partial charge in [-0.25, -0.2) is 0 Å². The van der Waals surface area contributed by atoms with E-state index in [1.807, 2.05) is 0 Å². The van der Waals surface area contributed by atoms with Crippen LogP contribution in [-0.2, 0) is 19.0 Å². The number of hydrogen-bond acceptors (Lipinski definition) is 6. The van der Waals surface area contributed by atoms with E-state index < -0.39 is 28.6 Å². The first-order valence-electron chi connectivity index (χ1n) is 6.53. The number of aliphatic hydroxyl groups is 1. The molecule has 110 valence electrons. The predicted octanol–water partition coefficient (Wildman–Crippen LogP) is 0.148. The van der Waals surface area contributed by atoms with E-state index in [4.69, 9.17) is 8.92 Å². The van der Waals surface area contributed by atoms with Crippen LogP contribution in [0.2, 0.25) is 0 Å². The van der Waals surface area contributed by atoms with Gasteiger partial charge in [0.25, 0.3) is 10.1 Å². The minimum Gasteiger partial charge on any atom is -0.368 e. The van der Waals surface area contributed by atoms with E-state index in [1.165, 1.54) is 6.07 Å². The average molecular weight is 299 g/mol. The molecule has 0 bridgehead atoms. The molecule has 0 aromatic heterocycles. The second-order valence-electron chi connectivity index (χ2n) is 5.16. The molecule has 6 nitrogen and oxygen atoms in total. The van der Waals surface area contributed by atoms with Gasteiger partial charge in [-0.3, -0.25) is 4.18 Å². The van der Waals surface area contributed by atoms with Gasteiger partial charge in [-0.2, -0.15) is 8.42 Å². The highest BCUT2D eigenvalue weighted by atomic mass is 32.2. The van der Waals surface area contributed by atoms with Gasteiger partial charge in [-0.05, 0) is 18.6 Å². The lowest BCUT2D eigenvalue weighted by Crippen LogP contribution is -2.33. The maximum atomic E-state index is 12.3. The Bertz CT molecular complexity index is 603. The van der Waals surface area contributed by atoms with Crippen molar-refractivity contribution in [1.29, 1.82) is 0 Å². The minimum absolute atomic E-state index is 0.0536. The summed E-state index contributed by atoms with van der Waals surface area (Å²) in [7, 11) is -3.83. The van der Waals surface area contributed by atoms with Gasteiger partial charge in [-0.1, -0.05) is 18.2 Å². The van der Waals surface area contributed by atoms with Crippen LogP contribution in [0.4, 0.5) is 0 Å². The van der Waals surface area contributed by atoms with Gasteiger partial charge in [-0.15, -0.1) is 0 Å². The third-order valence-corrected chi connectivity index (χ3v) is 5.22. The van der Waals surface area contributed by atoms with Crippen molar-refractivity contribution in [1.82, 2.24) is 5.32 Å². The SMILES string of the molecule is Cc1ccccc1S(=O)(=O)OC1CNC2CC(O)OC21. The molecule has 1 aromatic carbocycles. The molecule has 20 heavy (non-hydrogen) atoms. The topological polar surface area (TPSA) is 84.9 Å². The van der Waals surface area contributed by atoms with E-state index in [-0.39, 0.29) is 10.9 Å². The van der Waals surface area contributed by atoms with Crippen LogP contribution < -0.4 is 5.32 Å². The molecule has 3 rings (SSSR count). The van der Waals surface area contributed by atoms with Crippen molar-refractivity contribution in [2.75, 3.05) is 6.54 Å². The summed E-state index contributed by atoms with van der Waals surface area (Å²) in [6.07, 6.45) is -1.44. The first-order chi connectivity index (χ1) is 9.47. The summed E-state index contributed by atoms with van der Waals surface area (Å²) >= 11 is 0. The molecular weight excluding hydrogens is 282 g/mol. The van der Waals surface area contributed by atoms with Gasteiger partial charge in [0.1, 0.15) is 12.2 Å². The average Bonchev–Trinajstić information content (AvgIpc) is 2.90. The van der Waals surface area contributed by atoms with Crippen molar-refractivity contribution >= 4 is 10.1 Å². The molecule has 0 amide bonds. The van der Waals surface area contributed by atoms with Crippen LogP contribution in [0.15, 0.2) is 29.2 Å². The van der Waals surface area contributed by atoms with Crippen molar-refractivity contribution in [2.24, 2.45) is 0 Å². The molecule has 1 aromatic rings. The molecule has 7 heteroatoms. The Balaban J connectivity index is 1.79. The summed E-state index contributed by atoms with van der Waals surface area (Å²) in [6, 6.07) is 6.63. The number of hydrogen-bond donors (Lipinski definition) is 2. The molecule has 2 N–H and O–H groups in total. The fraction of sp³-hybridized carbons (Fsp3) is 0.538. The number of aryl methyl sites for hydroxylation is 1. The molecule has 2 aliphatic rings. The Morgan fingerprint density at radius 3 is 2.90 bits per heavy atom. The van der Waals surface area contributed by atoms with Gasteiger partial charge >= 0.3 is 0 Å². The third kappa shape index (κ3) is 2.47. The van der Waals surface area contributed by atoms with Gasteiger partial charge in [0.05, 0.1) is 4.90 Å². The molecule has 2 saturated heterocycles. The smallest absolute Gasteiger partial charge is 0.297 e. The Kier molecular flexibility index (Phi) is 3.55. The lowest BCUT2D eigenvalue weighted by Gasteiger charge is -2.18. The Hall–Kier alpha value is -0.990. The van der Waals surface area contributed by atoms with Crippen molar-refractivity contribution < 1.29 is 22.4 Å². The number of benzene rings is 1. The van der Waals surface area contributed by atoms with Crippen molar-refractivity contribution in [3.8, 4) is 0 Å². The van der Waals surface area contributed by atoms with Crippen molar-refractivity contribution in [3.63, 3.8) is 0 Å². The molecule has 2 fully saturated rings. The number of ether oxygens (including phenoxy) is 1. The second kappa shape index (κ2) is 5.09. The summed E-state index contributed by atoms with van der Waals surface area (Å²) < 4.78 is 35.2. The zero-order valence-electron chi connectivity index (χ0n) is 11.0. The van der Waals surface area contributed by atoms with E-state index in [0.717, 1.165) is 0 Å². The van der Waals surface area contributed by atoms with Crippen molar-refractivity contribution in [2.45, 2.75) is 42.8 Å². The Morgan fingerprint density at radius 1 is 1.40 bits per heavy atom. The highest BCUT2D eigenvalue weighted by molar-refractivity contribution is 7.86. The normalized spacial score (nSPS) is 33.3. The highest BCUT2D eigenvalue weighted by Crippen LogP contribution is 2.29. The number of nitrogens with one attached hydrogen (secondary N) is 1. The maximum Gasteiger partial charge on any atom is 0.297 e. The zero-order valence-corrected chi connectivity index (χ0v) is 11.8. The van der Waals surface area contributed by atoms with Gasteiger partial charge < -0.3 is 15.2 Å². The number of aliphatic hydroxyl groups excluding tert-OH is 1. The summed E-state index contributed by atoms with van der Waals surface area (Å²) in [5.74, 6) is 0. The minimum atomic E-state index is -3.83. The van der Waals surface area contributed by atoms with Gasteiger partial charge in [0.2, 0.25) is 0 Å². The molecule has 0 aliphatic carbocycles. The maximum absolute atomic E-state index is 12.3. The predicted molar refractivity (Wildman–Crippen MR) is 70.5 cm³/mol. The molecule has 4 atom stereocenters. The van der Waals surface area contributed by atoms with Crippen LogP contribution in [-0.4, -0.2) is 44.6 Å². The lowest BCUT2D eigenvalue weighted by atomic mass is 10.1. The van der Waals surface area contributed by atoms with E-state index in [0.29, 0.717) is 18.5 Å².